The summed E-state index contributed by atoms with van der Waals surface area (Å²) in [6.07, 6.45) is 5.03. The quantitative estimate of drug-likeness (QED) is 0.462. The van der Waals surface area contributed by atoms with Crippen molar-refractivity contribution < 1.29 is 9.15 Å². The van der Waals surface area contributed by atoms with E-state index < -0.39 is 0 Å². The fraction of sp³-hybridized carbons (Fsp3) is 0.320. The van der Waals surface area contributed by atoms with Crippen molar-refractivity contribution in [2.45, 2.75) is 38.8 Å². The van der Waals surface area contributed by atoms with Gasteiger partial charge in [0.1, 0.15) is 5.76 Å². The molecule has 3 heterocycles. The highest BCUT2D eigenvalue weighted by Gasteiger charge is 2.27. The Morgan fingerprint density at radius 1 is 1.17 bits per heavy atom. The van der Waals surface area contributed by atoms with Crippen molar-refractivity contribution >= 4 is 21.9 Å². The molecule has 2 aromatic carbocycles. The first-order valence-electron chi connectivity index (χ1n) is 10.4. The maximum Gasteiger partial charge on any atom is 0.176 e. The second-order valence-corrected chi connectivity index (χ2v) is 7.86. The van der Waals surface area contributed by atoms with E-state index in [2.05, 4.69) is 47.1 Å². The van der Waals surface area contributed by atoms with Crippen LogP contribution in [0.2, 0.25) is 0 Å². The third-order valence-corrected chi connectivity index (χ3v) is 6.21. The van der Waals surface area contributed by atoms with Gasteiger partial charge in [-0.1, -0.05) is 37.3 Å². The van der Waals surface area contributed by atoms with Crippen LogP contribution in [0.25, 0.3) is 21.9 Å². The number of furan rings is 1. The van der Waals surface area contributed by atoms with Gasteiger partial charge in [0.25, 0.3) is 0 Å². The minimum absolute atomic E-state index is 0.486. The van der Waals surface area contributed by atoms with Crippen molar-refractivity contribution in [1.82, 2.24) is 9.88 Å². The summed E-state index contributed by atoms with van der Waals surface area (Å²) in [7, 11) is 1.70. The molecule has 0 radical (unpaired) electrons. The molecule has 1 atom stereocenters. The van der Waals surface area contributed by atoms with Crippen LogP contribution in [0.4, 0.5) is 0 Å². The van der Waals surface area contributed by atoms with Crippen molar-refractivity contribution in [1.29, 1.82) is 0 Å². The predicted octanol–water partition coefficient (Wildman–Crippen LogP) is 5.37. The first-order chi connectivity index (χ1) is 14.3. The molecule has 0 saturated carbocycles. The largest absolute Gasteiger partial charge is 0.493 e. The van der Waals surface area contributed by atoms with Gasteiger partial charge in [-0.2, -0.15) is 0 Å². The lowest BCUT2D eigenvalue weighted by molar-refractivity contribution is 0.158. The summed E-state index contributed by atoms with van der Waals surface area (Å²) in [5, 5.41) is 2.40. The van der Waals surface area contributed by atoms with E-state index in [4.69, 9.17) is 9.15 Å². The molecule has 0 saturated heterocycles. The van der Waals surface area contributed by atoms with Crippen molar-refractivity contribution in [3.63, 3.8) is 0 Å². The molecule has 0 bridgehead atoms. The SMILES string of the molecule is CCC(Cc1ccc2cccnc2c1)N1CCc2c(oc3c(OC)cccc23)C1. The lowest BCUT2D eigenvalue weighted by atomic mass is 9.97. The van der Waals surface area contributed by atoms with E-state index in [9.17, 15) is 0 Å². The number of rotatable bonds is 5. The van der Waals surface area contributed by atoms with E-state index in [1.165, 1.54) is 21.9 Å². The molecule has 1 unspecified atom stereocenters. The van der Waals surface area contributed by atoms with E-state index in [0.29, 0.717) is 6.04 Å². The first kappa shape index (κ1) is 18.2. The fourth-order valence-corrected chi connectivity index (χ4v) is 4.63. The zero-order valence-electron chi connectivity index (χ0n) is 17.0. The Hall–Kier alpha value is -2.85. The molecule has 4 aromatic rings. The molecule has 0 aliphatic carbocycles. The molecular formula is C25H26N2O2. The van der Waals surface area contributed by atoms with Crippen LogP contribution in [-0.2, 0) is 19.4 Å². The van der Waals surface area contributed by atoms with Crippen molar-refractivity contribution in [3.05, 3.63) is 71.6 Å². The van der Waals surface area contributed by atoms with Crippen LogP contribution in [-0.4, -0.2) is 29.6 Å². The number of pyridine rings is 1. The number of hydrogen-bond acceptors (Lipinski definition) is 4. The molecule has 1 aliphatic rings. The maximum absolute atomic E-state index is 6.27. The highest BCUT2D eigenvalue weighted by Crippen LogP contribution is 2.36. The van der Waals surface area contributed by atoms with Gasteiger partial charge in [-0.25, -0.2) is 0 Å². The molecule has 148 valence electrons. The van der Waals surface area contributed by atoms with Gasteiger partial charge in [0.2, 0.25) is 0 Å². The Kier molecular flexibility index (Phi) is 4.72. The van der Waals surface area contributed by atoms with Gasteiger partial charge < -0.3 is 9.15 Å². The highest BCUT2D eigenvalue weighted by molar-refractivity contribution is 5.87. The zero-order valence-corrected chi connectivity index (χ0v) is 17.0. The Balaban J connectivity index is 1.40. The first-order valence-corrected chi connectivity index (χ1v) is 10.4. The Labute approximate surface area is 171 Å². The summed E-state index contributed by atoms with van der Waals surface area (Å²) in [5.74, 6) is 1.91. The van der Waals surface area contributed by atoms with Crippen LogP contribution in [0.3, 0.4) is 0 Å². The third kappa shape index (κ3) is 3.28. The Morgan fingerprint density at radius 2 is 2.10 bits per heavy atom. The number of nitrogens with zero attached hydrogens (tertiary/aromatic N) is 2. The van der Waals surface area contributed by atoms with E-state index in [1.54, 1.807) is 7.11 Å². The third-order valence-electron chi connectivity index (χ3n) is 6.21. The average Bonchev–Trinajstić information content (AvgIpc) is 3.15. The number of hydrogen-bond donors (Lipinski definition) is 0. The highest BCUT2D eigenvalue weighted by atomic mass is 16.5. The summed E-state index contributed by atoms with van der Waals surface area (Å²) in [6, 6.07) is 17.4. The summed E-state index contributed by atoms with van der Waals surface area (Å²) >= 11 is 0. The molecular weight excluding hydrogens is 360 g/mol. The zero-order chi connectivity index (χ0) is 19.8. The molecule has 1 aliphatic heterocycles. The lowest BCUT2D eigenvalue weighted by Gasteiger charge is -2.33. The molecule has 4 heteroatoms. The van der Waals surface area contributed by atoms with E-state index in [0.717, 1.165) is 55.0 Å². The standard InChI is InChI=1S/C25H26N2O2/c1-3-19(14-17-9-10-18-6-5-12-26-22(18)15-17)27-13-11-20-21-7-4-8-23(28-2)25(21)29-24(20)16-27/h4-10,12,15,19H,3,11,13-14,16H2,1-2H3. The molecule has 0 N–H and O–H groups in total. The normalized spacial score (nSPS) is 15.5. The van der Waals surface area contributed by atoms with E-state index in [-0.39, 0.29) is 0 Å². The molecule has 29 heavy (non-hydrogen) atoms. The van der Waals surface area contributed by atoms with Gasteiger partial charge in [-0.3, -0.25) is 9.88 Å². The Bertz CT molecular complexity index is 1160. The number of benzene rings is 2. The minimum Gasteiger partial charge on any atom is -0.493 e. The van der Waals surface area contributed by atoms with E-state index in [1.807, 2.05) is 24.4 Å². The van der Waals surface area contributed by atoms with Crippen LogP contribution in [0, 0.1) is 0 Å². The fourth-order valence-electron chi connectivity index (χ4n) is 4.63. The van der Waals surface area contributed by atoms with Crippen LogP contribution < -0.4 is 4.74 Å². The van der Waals surface area contributed by atoms with Gasteiger partial charge in [0.15, 0.2) is 11.3 Å². The van der Waals surface area contributed by atoms with Crippen molar-refractivity contribution in [2.75, 3.05) is 13.7 Å². The smallest absolute Gasteiger partial charge is 0.176 e. The number of ether oxygens (including phenoxy) is 1. The molecule has 5 rings (SSSR count). The van der Waals surface area contributed by atoms with Crippen LogP contribution >= 0.6 is 0 Å². The summed E-state index contributed by atoms with van der Waals surface area (Å²) in [6.45, 7) is 4.20. The van der Waals surface area contributed by atoms with Gasteiger partial charge in [0.05, 0.1) is 19.2 Å². The molecule has 0 amide bonds. The van der Waals surface area contributed by atoms with Gasteiger partial charge in [0, 0.05) is 35.1 Å². The van der Waals surface area contributed by atoms with Crippen LogP contribution in [0.5, 0.6) is 5.75 Å². The topological polar surface area (TPSA) is 38.5 Å². The maximum atomic E-state index is 6.27. The van der Waals surface area contributed by atoms with E-state index >= 15 is 0 Å². The number of fused-ring (bicyclic) bond motifs is 4. The molecule has 4 nitrogen and oxygen atoms in total. The van der Waals surface area contributed by atoms with Crippen molar-refractivity contribution in [2.24, 2.45) is 0 Å². The van der Waals surface area contributed by atoms with Crippen LogP contribution in [0.1, 0.15) is 30.2 Å². The second kappa shape index (κ2) is 7.53. The Morgan fingerprint density at radius 3 is 2.97 bits per heavy atom. The number of aromatic nitrogens is 1. The molecule has 0 spiro atoms. The van der Waals surface area contributed by atoms with Gasteiger partial charge in [-0.05, 0) is 43.0 Å². The molecule has 2 aromatic heterocycles. The molecule has 0 fully saturated rings. The van der Waals surface area contributed by atoms with Gasteiger partial charge >= 0.3 is 0 Å². The van der Waals surface area contributed by atoms with Crippen molar-refractivity contribution in [3.8, 4) is 5.75 Å². The second-order valence-electron chi connectivity index (χ2n) is 7.86. The minimum atomic E-state index is 0.486. The van der Waals surface area contributed by atoms with Gasteiger partial charge in [-0.15, -0.1) is 0 Å². The monoisotopic (exact) mass is 386 g/mol. The number of para-hydroxylation sites is 1. The summed E-state index contributed by atoms with van der Waals surface area (Å²) < 4.78 is 11.8. The summed E-state index contributed by atoms with van der Waals surface area (Å²) in [4.78, 5) is 7.09. The van der Waals surface area contributed by atoms with Crippen LogP contribution in [0.15, 0.2) is 59.1 Å². The predicted molar refractivity (Wildman–Crippen MR) is 116 cm³/mol. The lowest BCUT2D eigenvalue weighted by Crippen LogP contribution is -2.39. The number of methoxy groups -OCH3 is 1. The summed E-state index contributed by atoms with van der Waals surface area (Å²) in [5.41, 5.74) is 4.65. The average molecular weight is 386 g/mol.